The van der Waals surface area contributed by atoms with Gasteiger partial charge in [0, 0.05) is 24.0 Å². The Labute approximate surface area is 101 Å². The normalized spacial score (nSPS) is 39.1. The van der Waals surface area contributed by atoms with Gasteiger partial charge in [0.25, 0.3) is 0 Å². The van der Waals surface area contributed by atoms with Gasteiger partial charge >= 0.3 is 5.97 Å². The van der Waals surface area contributed by atoms with E-state index < -0.39 is 0 Å². The lowest BCUT2D eigenvalue weighted by molar-refractivity contribution is -0.149. The summed E-state index contributed by atoms with van der Waals surface area (Å²) in [6.07, 6.45) is 2.37. The van der Waals surface area contributed by atoms with Gasteiger partial charge in [-0.2, -0.15) is 0 Å². The number of esters is 1. The second-order valence-corrected chi connectivity index (χ2v) is 5.18. The van der Waals surface area contributed by atoms with Gasteiger partial charge in [0.1, 0.15) is 12.4 Å². The zero-order chi connectivity index (χ0) is 12.6. The molecule has 0 aromatic heterocycles. The van der Waals surface area contributed by atoms with Crippen molar-refractivity contribution in [2.75, 3.05) is 6.61 Å². The molecule has 0 amide bonds. The molecular weight excluding hydrogens is 220 g/mol. The highest BCUT2D eigenvalue weighted by Crippen LogP contribution is 2.52. The summed E-state index contributed by atoms with van der Waals surface area (Å²) in [4.78, 5) is 22.5. The number of aldehydes is 1. The van der Waals surface area contributed by atoms with Crippen LogP contribution in [0.5, 0.6) is 0 Å². The van der Waals surface area contributed by atoms with Crippen LogP contribution in [-0.4, -0.2) is 30.1 Å². The number of carbonyl (C=O) groups is 2. The molecule has 2 aliphatic rings. The highest BCUT2D eigenvalue weighted by molar-refractivity contribution is 5.87. The smallest absolute Gasteiger partial charge is 0.333 e. The second-order valence-electron chi connectivity index (χ2n) is 5.18. The quantitative estimate of drug-likeness (QED) is 0.450. The molecule has 2 fully saturated rings. The number of aliphatic hydroxyl groups is 1. The van der Waals surface area contributed by atoms with Gasteiger partial charge in [0.15, 0.2) is 0 Å². The minimum absolute atomic E-state index is 0.0473. The Morgan fingerprint density at radius 2 is 2.24 bits per heavy atom. The molecule has 94 valence electrons. The SMILES string of the molecule is C=C(C)C(=O)OC1CC2CC1C(C=O)[C@H]2CO. The van der Waals surface area contributed by atoms with Crippen molar-refractivity contribution in [1.82, 2.24) is 0 Å². The summed E-state index contributed by atoms with van der Waals surface area (Å²) in [5.41, 5.74) is 0.383. The van der Waals surface area contributed by atoms with E-state index in [0.717, 1.165) is 19.1 Å². The monoisotopic (exact) mass is 238 g/mol. The number of fused-ring (bicyclic) bond motifs is 2. The van der Waals surface area contributed by atoms with Crippen molar-refractivity contribution in [2.24, 2.45) is 23.7 Å². The molecule has 0 radical (unpaired) electrons. The van der Waals surface area contributed by atoms with Crippen LogP contribution in [-0.2, 0) is 14.3 Å². The molecule has 0 aromatic carbocycles. The van der Waals surface area contributed by atoms with E-state index in [1.807, 2.05) is 0 Å². The topological polar surface area (TPSA) is 63.6 Å². The molecule has 5 atom stereocenters. The second kappa shape index (κ2) is 4.61. The van der Waals surface area contributed by atoms with Gasteiger partial charge in [0.2, 0.25) is 0 Å². The summed E-state index contributed by atoms with van der Waals surface area (Å²) in [6.45, 7) is 5.21. The fourth-order valence-electron chi connectivity index (χ4n) is 3.30. The Balaban J connectivity index is 2.04. The van der Waals surface area contributed by atoms with E-state index in [0.29, 0.717) is 11.5 Å². The van der Waals surface area contributed by atoms with Gasteiger partial charge in [0.05, 0.1) is 0 Å². The van der Waals surface area contributed by atoms with Crippen molar-refractivity contribution in [2.45, 2.75) is 25.9 Å². The van der Waals surface area contributed by atoms with Gasteiger partial charge in [-0.05, 0) is 31.6 Å². The number of ether oxygens (including phenoxy) is 1. The standard InChI is InChI=1S/C13H18O4/c1-7(2)13(16)17-12-4-8-3-9(12)11(6-15)10(8)5-14/h6,8-12,14H,1,3-5H2,2H3/t8?,9?,10-,11?,12?/m0/s1. The maximum Gasteiger partial charge on any atom is 0.333 e. The molecule has 0 spiro atoms. The fraction of sp³-hybridized carbons (Fsp3) is 0.692. The molecule has 17 heavy (non-hydrogen) atoms. The predicted molar refractivity (Wildman–Crippen MR) is 61.0 cm³/mol. The average molecular weight is 238 g/mol. The minimum Gasteiger partial charge on any atom is -0.459 e. The van der Waals surface area contributed by atoms with Crippen LogP contribution in [0, 0.1) is 23.7 Å². The van der Waals surface area contributed by atoms with Gasteiger partial charge in [-0.25, -0.2) is 4.79 Å². The van der Waals surface area contributed by atoms with E-state index >= 15 is 0 Å². The third-order valence-electron chi connectivity index (χ3n) is 4.16. The van der Waals surface area contributed by atoms with Crippen LogP contribution in [0.4, 0.5) is 0 Å². The van der Waals surface area contributed by atoms with Gasteiger partial charge in [-0.1, -0.05) is 6.58 Å². The number of carbonyl (C=O) groups excluding carboxylic acids is 2. The van der Waals surface area contributed by atoms with Crippen LogP contribution in [0.25, 0.3) is 0 Å². The summed E-state index contributed by atoms with van der Waals surface area (Å²) >= 11 is 0. The summed E-state index contributed by atoms with van der Waals surface area (Å²) in [7, 11) is 0. The molecule has 2 aliphatic carbocycles. The van der Waals surface area contributed by atoms with Crippen LogP contribution >= 0.6 is 0 Å². The summed E-state index contributed by atoms with van der Waals surface area (Å²) < 4.78 is 5.35. The molecule has 0 aliphatic heterocycles. The third kappa shape index (κ3) is 2.02. The lowest BCUT2D eigenvalue weighted by atomic mass is 9.79. The average Bonchev–Trinajstić information content (AvgIpc) is 2.84. The Hall–Kier alpha value is -1.16. The first-order valence-corrected chi connectivity index (χ1v) is 6.01. The molecule has 4 nitrogen and oxygen atoms in total. The zero-order valence-corrected chi connectivity index (χ0v) is 9.96. The molecule has 0 heterocycles. The van der Waals surface area contributed by atoms with Crippen molar-refractivity contribution in [3.05, 3.63) is 12.2 Å². The van der Waals surface area contributed by atoms with Crippen LogP contribution in [0.3, 0.4) is 0 Å². The van der Waals surface area contributed by atoms with Crippen molar-refractivity contribution in [1.29, 1.82) is 0 Å². The van der Waals surface area contributed by atoms with Crippen molar-refractivity contribution in [3.63, 3.8) is 0 Å². The molecule has 0 saturated heterocycles. The number of hydrogen-bond donors (Lipinski definition) is 1. The van der Waals surface area contributed by atoms with Gasteiger partial charge < -0.3 is 14.6 Å². The van der Waals surface area contributed by atoms with Crippen LogP contribution < -0.4 is 0 Å². The summed E-state index contributed by atoms with van der Waals surface area (Å²) in [6, 6.07) is 0. The van der Waals surface area contributed by atoms with E-state index in [-0.39, 0.29) is 36.4 Å². The maximum atomic E-state index is 11.5. The van der Waals surface area contributed by atoms with E-state index in [1.54, 1.807) is 6.92 Å². The van der Waals surface area contributed by atoms with E-state index in [4.69, 9.17) is 4.74 Å². The molecule has 2 saturated carbocycles. The van der Waals surface area contributed by atoms with Crippen LogP contribution in [0.15, 0.2) is 12.2 Å². The first-order valence-electron chi connectivity index (χ1n) is 6.01. The minimum atomic E-state index is -0.382. The van der Waals surface area contributed by atoms with Gasteiger partial charge in [-0.3, -0.25) is 0 Å². The van der Waals surface area contributed by atoms with Crippen molar-refractivity contribution >= 4 is 12.3 Å². The Kier molecular flexibility index (Phi) is 3.33. The number of aliphatic hydroxyl groups excluding tert-OH is 1. The molecule has 2 rings (SSSR count). The molecule has 1 N–H and O–H groups in total. The van der Waals surface area contributed by atoms with Crippen LogP contribution in [0.2, 0.25) is 0 Å². The highest BCUT2D eigenvalue weighted by atomic mass is 16.5. The van der Waals surface area contributed by atoms with Crippen molar-refractivity contribution < 1.29 is 19.4 Å². The predicted octanol–water partition coefficient (Wildman–Crippen LogP) is 0.938. The summed E-state index contributed by atoms with van der Waals surface area (Å²) in [5.74, 6) is -0.104. The maximum absolute atomic E-state index is 11.5. The molecular formula is C13H18O4. The number of hydrogen-bond acceptors (Lipinski definition) is 4. The first-order chi connectivity index (χ1) is 8.08. The zero-order valence-electron chi connectivity index (χ0n) is 9.96. The molecule has 4 heteroatoms. The Morgan fingerprint density at radius 1 is 1.53 bits per heavy atom. The largest absolute Gasteiger partial charge is 0.459 e. The van der Waals surface area contributed by atoms with E-state index in [1.165, 1.54) is 0 Å². The van der Waals surface area contributed by atoms with Gasteiger partial charge in [-0.15, -0.1) is 0 Å². The first kappa shape index (κ1) is 12.3. The number of rotatable bonds is 4. The van der Waals surface area contributed by atoms with E-state index in [9.17, 15) is 14.7 Å². The third-order valence-corrected chi connectivity index (χ3v) is 4.16. The molecule has 2 bridgehead atoms. The highest BCUT2D eigenvalue weighted by Gasteiger charge is 2.53. The molecule has 4 unspecified atom stereocenters. The van der Waals surface area contributed by atoms with E-state index in [2.05, 4.69) is 6.58 Å². The molecule has 0 aromatic rings. The van der Waals surface area contributed by atoms with Crippen LogP contribution in [0.1, 0.15) is 19.8 Å². The fourth-order valence-corrected chi connectivity index (χ4v) is 3.30. The Bertz CT molecular complexity index is 349. The lowest BCUT2D eigenvalue weighted by Crippen LogP contribution is -2.36. The summed E-state index contributed by atoms with van der Waals surface area (Å²) in [5, 5.41) is 9.27. The lowest BCUT2D eigenvalue weighted by Gasteiger charge is -2.31. The Morgan fingerprint density at radius 3 is 2.76 bits per heavy atom. The van der Waals surface area contributed by atoms with Crippen molar-refractivity contribution in [3.8, 4) is 0 Å².